The van der Waals surface area contributed by atoms with Crippen molar-refractivity contribution >= 4 is 22.0 Å². The predicted molar refractivity (Wildman–Crippen MR) is 81.9 cm³/mol. The molecule has 1 unspecified atom stereocenters. The van der Waals surface area contributed by atoms with E-state index in [0.717, 1.165) is 17.5 Å². The first-order valence-electron chi connectivity index (χ1n) is 7.36. The van der Waals surface area contributed by atoms with Crippen molar-refractivity contribution in [2.24, 2.45) is 5.41 Å². The fourth-order valence-electron chi connectivity index (χ4n) is 2.63. The lowest BCUT2D eigenvalue weighted by atomic mass is 9.90. The number of hydrogen-bond acceptors (Lipinski definition) is 5. The lowest BCUT2D eigenvalue weighted by Crippen LogP contribution is -2.35. The number of esters is 1. The Morgan fingerprint density at radius 1 is 1.31 bits per heavy atom. The van der Waals surface area contributed by atoms with E-state index in [1.807, 2.05) is 0 Å². The number of benzene rings is 1. The Morgan fingerprint density at radius 3 is 2.38 bits per heavy atom. The van der Waals surface area contributed by atoms with Crippen LogP contribution in [-0.2, 0) is 25.7 Å². The molecule has 1 N–H and O–H groups in total. The molecule has 1 aliphatic heterocycles. The van der Waals surface area contributed by atoms with Gasteiger partial charge in [-0.3, -0.25) is 4.79 Å². The average Bonchev–Trinajstić information content (AvgIpc) is 2.97. The summed E-state index contributed by atoms with van der Waals surface area (Å²) < 4.78 is 69.8. The van der Waals surface area contributed by atoms with E-state index in [9.17, 15) is 36.3 Å². The van der Waals surface area contributed by atoms with Gasteiger partial charge >= 0.3 is 18.1 Å². The summed E-state index contributed by atoms with van der Waals surface area (Å²) in [5.74, 6) is -2.33. The minimum atomic E-state index is -4.82. The summed E-state index contributed by atoms with van der Waals surface area (Å²) in [5.41, 5.74) is -3.16. The summed E-state index contributed by atoms with van der Waals surface area (Å²) in [4.78, 5) is 22.2. The predicted octanol–water partition coefficient (Wildman–Crippen LogP) is 1.98. The van der Waals surface area contributed by atoms with Crippen LogP contribution in [0.5, 0.6) is 0 Å². The van der Waals surface area contributed by atoms with E-state index in [1.54, 1.807) is 0 Å². The average molecular weight is 395 g/mol. The van der Waals surface area contributed by atoms with Crippen LogP contribution in [0.1, 0.15) is 29.3 Å². The first-order valence-corrected chi connectivity index (χ1v) is 8.80. The second kappa shape index (κ2) is 6.54. The van der Waals surface area contributed by atoms with E-state index in [2.05, 4.69) is 4.74 Å². The number of rotatable bonds is 4. The van der Waals surface area contributed by atoms with Gasteiger partial charge in [0.15, 0.2) is 0 Å². The summed E-state index contributed by atoms with van der Waals surface area (Å²) in [6, 6.07) is 1.67. The van der Waals surface area contributed by atoms with Crippen molar-refractivity contribution < 1.29 is 41.0 Å². The van der Waals surface area contributed by atoms with Crippen LogP contribution in [0.4, 0.5) is 13.2 Å². The molecule has 144 valence electrons. The van der Waals surface area contributed by atoms with Gasteiger partial charge in [-0.05, 0) is 31.5 Å². The van der Waals surface area contributed by atoms with E-state index < -0.39 is 56.1 Å². The molecule has 0 spiro atoms. The maximum Gasteiger partial charge on any atom is 0.416 e. The van der Waals surface area contributed by atoms with Crippen molar-refractivity contribution in [3.8, 4) is 0 Å². The van der Waals surface area contributed by atoms with E-state index in [-0.39, 0.29) is 13.0 Å². The minimum Gasteiger partial charge on any atom is -0.481 e. The molecule has 0 radical (unpaired) electrons. The van der Waals surface area contributed by atoms with Gasteiger partial charge in [-0.15, -0.1) is 0 Å². The van der Waals surface area contributed by atoms with E-state index in [4.69, 9.17) is 0 Å². The second-order valence-electron chi connectivity index (χ2n) is 6.15. The smallest absolute Gasteiger partial charge is 0.416 e. The molecule has 1 fully saturated rings. The second-order valence-corrected chi connectivity index (χ2v) is 8.06. The molecule has 2 rings (SSSR count). The first-order chi connectivity index (χ1) is 11.8. The number of hydrogen-bond donors (Lipinski definition) is 1. The standard InChI is InChI=1S/C15H16F3NO6S/c1-14(13(21)22)5-6-19(8-14)26(23,24)11-7-9(15(16,17)18)3-4-10(11)12(20)25-2/h3-4,7H,5-6,8H2,1-2H3,(H,21,22). The van der Waals surface area contributed by atoms with E-state index in [0.29, 0.717) is 12.1 Å². The van der Waals surface area contributed by atoms with Crippen LogP contribution >= 0.6 is 0 Å². The van der Waals surface area contributed by atoms with Crippen LogP contribution in [0.3, 0.4) is 0 Å². The Balaban J connectivity index is 2.57. The van der Waals surface area contributed by atoms with Gasteiger partial charge in [-0.1, -0.05) is 0 Å². The van der Waals surface area contributed by atoms with Crippen LogP contribution in [0.15, 0.2) is 23.1 Å². The van der Waals surface area contributed by atoms with Gasteiger partial charge in [0.05, 0.1) is 28.5 Å². The first kappa shape index (κ1) is 20.2. The Bertz CT molecular complexity index is 851. The minimum absolute atomic E-state index is 0.00587. The van der Waals surface area contributed by atoms with Gasteiger partial charge in [0.25, 0.3) is 0 Å². The Kier molecular flexibility index (Phi) is 5.08. The topological polar surface area (TPSA) is 101 Å². The molecule has 1 atom stereocenters. The zero-order valence-electron chi connectivity index (χ0n) is 13.8. The summed E-state index contributed by atoms with van der Waals surface area (Å²) in [5, 5.41) is 9.21. The number of halogens is 3. The summed E-state index contributed by atoms with van der Waals surface area (Å²) in [6.07, 6.45) is -4.83. The number of sulfonamides is 1. The highest BCUT2D eigenvalue weighted by molar-refractivity contribution is 7.89. The fourth-order valence-corrected chi connectivity index (χ4v) is 4.40. The number of methoxy groups -OCH3 is 1. The third-order valence-electron chi connectivity index (χ3n) is 4.29. The molecule has 0 amide bonds. The highest BCUT2D eigenvalue weighted by Gasteiger charge is 2.46. The highest BCUT2D eigenvalue weighted by Crippen LogP contribution is 2.37. The molecule has 26 heavy (non-hydrogen) atoms. The number of nitrogens with zero attached hydrogens (tertiary/aromatic N) is 1. The van der Waals surface area contributed by atoms with Crippen LogP contribution < -0.4 is 0 Å². The van der Waals surface area contributed by atoms with Crippen molar-refractivity contribution in [2.75, 3.05) is 20.2 Å². The van der Waals surface area contributed by atoms with Crippen molar-refractivity contribution in [3.05, 3.63) is 29.3 Å². The van der Waals surface area contributed by atoms with E-state index >= 15 is 0 Å². The molecule has 7 nitrogen and oxygen atoms in total. The summed E-state index contributed by atoms with van der Waals surface area (Å²) in [6.45, 7) is 0.738. The summed E-state index contributed by atoms with van der Waals surface area (Å²) in [7, 11) is -3.58. The molecule has 1 aromatic rings. The Hall–Kier alpha value is -2.14. The fraction of sp³-hybridized carbons (Fsp3) is 0.467. The van der Waals surface area contributed by atoms with Crippen LogP contribution in [0.25, 0.3) is 0 Å². The van der Waals surface area contributed by atoms with Crippen LogP contribution in [-0.4, -0.2) is 50.0 Å². The molecule has 1 aliphatic rings. The third kappa shape index (κ3) is 3.54. The van der Waals surface area contributed by atoms with Crippen molar-refractivity contribution in [2.45, 2.75) is 24.4 Å². The maximum atomic E-state index is 13.0. The zero-order valence-corrected chi connectivity index (χ0v) is 14.6. The van der Waals surface area contributed by atoms with Crippen molar-refractivity contribution in [3.63, 3.8) is 0 Å². The number of alkyl halides is 3. The molecular formula is C15H16F3NO6S. The molecule has 11 heteroatoms. The van der Waals surface area contributed by atoms with Crippen molar-refractivity contribution in [1.29, 1.82) is 0 Å². The molecular weight excluding hydrogens is 379 g/mol. The van der Waals surface area contributed by atoms with Gasteiger partial charge in [-0.25, -0.2) is 13.2 Å². The lowest BCUT2D eigenvalue weighted by molar-refractivity contribution is -0.147. The maximum absolute atomic E-state index is 13.0. The molecule has 1 aromatic carbocycles. The van der Waals surface area contributed by atoms with Crippen molar-refractivity contribution in [1.82, 2.24) is 4.31 Å². The Morgan fingerprint density at radius 2 is 1.92 bits per heavy atom. The molecule has 1 heterocycles. The molecule has 0 saturated carbocycles. The van der Waals surface area contributed by atoms with E-state index in [1.165, 1.54) is 6.92 Å². The number of carbonyl (C=O) groups excluding carboxylic acids is 1. The molecule has 0 aliphatic carbocycles. The van der Waals surface area contributed by atoms with Crippen LogP contribution in [0, 0.1) is 5.41 Å². The van der Waals surface area contributed by atoms with Crippen LogP contribution in [0.2, 0.25) is 0 Å². The molecule has 0 aromatic heterocycles. The zero-order chi connectivity index (χ0) is 19.9. The number of ether oxygens (including phenoxy) is 1. The van der Waals surface area contributed by atoms with Gasteiger partial charge in [0.2, 0.25) is 10.0 Å². The number of carboxylic acid groups (broad SMARTS) is 1. The van der Waals surface area contributed by atoms with Gasteiger partial charge in [0, 0.05) is 13.1 Å². The van der Waals surface area contributed by atoms with Gasteiger partial charge in [-0.2, -0.15) is 17.5 Å². The molecule has 0 bridgehead atoms. The number of carbonyl (C=O) groups is 2. The largest absolute Gasteiger partial charge is 0.481 e. The quantitative estimate of drug-likeness (QED) is 0.783. The molecule has 1 saturated heterocycles. The highest BCUT2D eigenvalue weighted by atomic mass is 32.2. The van der Waals surface area contributed by atoms with Gasteiger partial charge in [0.1, 0.15) is 0 Å². The van der Waals surface area contributed by atoms with Gasteiger partial charge < -0.3 is 9.84 Å². The third-order valence-corrected chi connectivity index (χ3v) is 6.17. The monoisotopic (exact) mass is 395 g/mol. The number of aliphatic carboxylic acids is 1. The lowest BCUT2D eigenvalue weighted by Gasteiger charge is -2.21. The normalized spacial score (nSPS) is 21.6. The SMILES string of the molecule is COC(=O)c1ccc(C(F)(F)F)cc1S(=O)(=O)N1CCC(C)(C(=O)O)C1. The summed E-state index contributed by atoms with van der Waals surface area (Å²) >= 11 is 0. The Labute approximate surface area is 147 Å². The number of carboxylic acids is 1.